The lowest BCUT2D eigenvalue weighted by molar-refractivity contribution is 0.101. The number of hydrogen-bond acceptors (Lipinski definition) is 4. The Morgan fingerprint density at radius 2 is 2.05 bits per heavy atom. The third-order valence-electron chi connectivity index (χ3n) is 3.08. The van der Waals surface area contributed by atoms with Crippen molar-refractivity contribution in [3.63, 3.8) is 0 Å². The summed E-state index contributed by atoms with van der Waals surface area (Å²) in [5.41, 5.74) is 2.33. The average molecular weight is 270 g/mol. The van der Waals surface area contributed by atoms with E-state index in [0.29, 0.717) is 18.7 Å². The molecule has 0 atom stereocenters. The number of pyridine rings is 1. The van der Waals surface area contributed by atoms with Crippen molar-refractivity contribution in [2.24, 2.45) is 0 Å². The lowest BCUT2D eigenvalue weighted by atomic mass is 10.1. The Kier molecular flexibility index (Phi) is 4.48. The maximum absolute atomic E-state index is 11.4. The second-order valence-corrected chi connectivity index (χ2v) is 4.89. The van der Waals surface area contributed by atoms with Crippen LogP contribution in [-0.4, -0.2) is 27.8 Å². The van der Waals surface area contributed by atoms with E-state index in [4.69, 9.17) is 0 Å². The first-order valence-electron chi connectivity index (χ1n) is 6.47. The summed E-state index contributed by atoms with van der Waals surface area (Å²) in [6.07, 6.45) is 1.76. The molecule has 0 aliphatic carbocycles. The van der Waals surface area contributed by atoms with E-state index in [1.807, 2.05) is 30.1 Å². The van der Waals surface area contributed by atoms with Crippen LogP contribution in [0.25, 0.3) is 0 Å². The molecule has 1 aromatic carbocycles. The zero-order valence-electron chi connectivity index (χ0n) is 11.7. The minimum absolute atomic E-state index is 0.00127. The van der Waals surface area contributed by atoms with Gasteiger partial charge < -0.3 is 5.11 Å². The number of aromatic hydroxyl groups is 1. The molecule has 0 amide bonds. The van der Waals surface area contributed by atoms with Gasteiger partial charge in [-0.05, 0) is 44.3 Å². The Hall–Kier alpha value is -2.20. The zero-order chi connectivity index (χ0) is 14.5. The predicted molar refractivity (Wildman–Crippen MR) is 77.5 cm³/mol. The first-order valence-corrected chi connectivity index (χ1v) is 6.47. The van der Waals surface area contributed by atoms with Gasteiger partial charge in [0.05, 0.1) is 5.69 Å². The van der Waals surface area contributed by atoms with Gasteiger partial charge in [0, 0.05) is 30.4 Å². The fraction of sp³-hybridized carbons (Fsp3) is 0.250. The summed E-state index contributed by atoms with van der Waals surface area (Å²) in [5, 5.41) is 9.88. The van der Waals surface area contributed by atoms with Crippen LogP contribution in [0, 0.1) is 0 Å². The van der Waals surface area contributed by atoms with Gasteiger partial charge in [0.25, 0.3) is 0 Å². The second-order valence-electron chi connectivity index (χ2n) is 4.89. The molecule has 0 bridgehead atoms. The van der Waals surface area contributed by atoms with E-state index in [1.54, 1.807) is 24.4 Å². The number of carbonyl (C=O) groups excluding carboxylic acids is 1. The SMILES string of the molecule is CC(=O)c1ccc(O)c(CN(C)Cc2ccccn2)c1. The number of carbonyl (C=O) groups is 1. The molecule has 0 saturated heterocycles. The largest absolute Gasteiger partial charge is 0.508 e. The second kappa shape index (κ2) is 6.30. The number of phenolic OH excluding ortho intramolecular Hbond substituents is 1. The third kappa shape index (κ3) is 3.65. The Bertz CT molecular complexity index is 597. The van der Waals surface area contributed by atoms with Gasteiger partial charge in [0.1, 0.15) is 5.75 Å². The molecule has 20 heavy (non-hydrogen) atoms. The van der Waals surface area contributed by atoms with Crippen molar-refractivity contribution in [1.82, 2.24) is 9.88 Å². The maximum atomic E-state index is 11.4. The Morgan fingerprint density at radius 1 is 1.25 bits per heavy atom. The Morgan fingerprint density at radius 3 is 2.70 bits per heavy atom. The molecule has 0 spiro atoms. The van der Waals surface area contributed by atoms with Crippen molar-refractivity contribution in [3.05, 3.63) is 59.4 Å². The van der Waals surface area contributed by atoms with E-state index < -0.39 is 0 Å². The first kappa shape index (κ1) is 14.2. The molecule has 1 N–H and O–H groups in total. The van der Waals surface area contributed by atoms with Crippen LogP contribution in [0.1, 0.15) is 28.5 Å². The van der Waals surface area contributed by atoms with Crippen molar-refractivity contribution in [3.8, 4) is 5.75 Å². The molecule has 0 unspecified atom stereocenters. The molecule has 104 valence electrons. The van der Waals surface area contributed by atoms with Crippen LogP contribution in [0.3, 0.4) is 0 Å². The van der Waals surface area contributed by atoms with Crippen LogP contribution in [0.5, 0.6) is 5.75 Å². The van der Waals surface area contributed by atoms with Crippen LogP contribution in [0.4, 0.5) is 0 Å². The van der Waals surface area contributed by atoms with Gasteiger partial charge in [0.2, 0.25) is 0 Å². The molecule has 0 fully saturated rings. The van der Waals surface area contributed by atoms with Crippen molar-refractivity contribution in [1.29, 1.82) is 0 Å². The third-order valence-corrected chi connectivity index (χ3v) is 3.08. The number of Topliss-reactive ketones (excluding diaryl/α,β-unsaturated/α-hetero) is 1. The zero-order valence-corrected chi connectivity index (χ0v) is 11.7. The highest BCUT2D eigenvalue weighted by Gasteiger charge is 2.09. The smallest absolute Gasteiger partial charge is 0.159 e. The highest BCUT2D eigenvalue weighted by molar-refractivity contribution is 5.94. The van der Waals surface area contributed by atoms with Crippen LogP contribution in [0.15, 0.2) is 42.6 Å². The fourth-order valence-corrected chi connectivity index (χ4v) is 2.05. The van der Waals surface area contributed by atoms with Crippen LogP contribution >= 0.6 is 0 Å². The molecule has 0 saturated carbocycles. The summed E-state index contributed by atoms with van der Waals surface area (Å²) in [5.74, 6) is 0.210. The van der Waals surface area contributed by atoms with Gasteiger partial charge in [-0.25, -0.2) is 0 Å². The van der Waals surface area contributed by atoms with E-state index in [9.17, 15) is 9.90 Å². The minimum Gasteiger partial charge on any atom is -0.508 e. The van der Waals surface area contributed by atoms with Gasteiger partial charge in [-0.15, -0.1) is 0 Å². The van der Waals surface area contributed by atoms with Gasteiger partial charge in [-0.1, -0.05) is 6.07 Å². The molecule has 4 heteroatoms. The van der Waals surface area contributed by atoms with Crippen LogP contribution in [-0.2, 0) is 13.1 Å². The van der Waals surface area contributed by atoms with Crippen molar-refractivity contribution >= 4 is 5.78 Å². The lowest BCUT2D eigenvalue weighted by Crippen LogP contribution is -2.18. The van der Waals surface area contributed by atoms with Crippen molar-refractivity contribution in [2.75, 3.05) is 7.05 Å². The number of ketones is 1. The molecule has 0 aliphatic rings. The molecule has 2 aromatic rings. The quantitative estimate of drug-likeness (QED) is 0.849. The van der Waals surface area contributed by atoms with E-state index >= 15 is 0 Å². The van der Waals surface area contributed by atoms with Crippen LogP contribution in [0.2, 0.25) is 0 Å². The molecular formula is C16H18N2O2. The van der Waals surface area contributed by atoms with Crippen molar-refractivity contribution < 1.29 is 9.90 Å². The summed E-state index contributed by atoms with van der Waals surface area (Å²) in [7, 11) is 1.95. The van der Waals surface area contributed by atoms with E-state index in [0.717, 1.165) is 11.3 Å². The first-order chi connectivity index (χ1) is 9.56. The fourth-order valence-electron chi connectivity index (χ4n) is 2.05. The highest BCUT2D eigenvalue weighted by Crippen LogP contribution is 2.20. The maximum Gasteiger partial charge on any atom is 0.159 e. The Labute approximate surface area is 118 Å². The number of hydrogen-bond donors (Lipinski definition) is 1. The van der Waals surface area contributed by atoms with Gasteiger partial charge >= 0.3 is 0 Å². The Balaban J connectivity index is 2.09. The number of aromatic nitrogens is 1. The van der Waals surface area contributed by atoms with E-state index in [-0.39, 0.29) is 11.5 Å². The summed E-state index contributed by atoms with van der Waals surface area (Å²) in [6, 6.07) is 10.7. The molecule has 1 aromatic heterocycles. The lowest BCUT2D eigenvalue weighted by Gasteiger charge is -2.17. The minimum atomic E-state index is -0.00127. The topological polar surface area (TPSA) is 53.4 Å². The number of nitrogens with zero attached hydrogens (tertiary/aromatic N) is 2. The summed E-state index contributed by atoms with van der Waals surface area (Å²) in [4.78, 5) is 17.7. The average Bonchev–Trinajstić information content (AvgIpc) is 2.42. The molecule has 2 rings (SSSR count). The molecule has 4 nitrogen and oxygen atoms in total. The standard InChI is InChI=1S/C16H18N2O2/c1-12(19)13-6-7-16(20)14(9-13)10-18(2)11-15-5-3-4-8-17-15/h3-9,20H,10-11H2,1-2H3. The molecule has 0 aliphatic heterocycles. The molecular weight excluding hydrogens is 252 g/mol. The number of benzene rings is 1. The van der Waals surface area contributed by atoms with Gasteiger partial charge in [-0.2, -0.15) is 0 Å². The van der Waals surface area contributed by atoms with Crippen LogP contribution < -0.4 is 0 Å². The highest BCUT2D eigenvalue weighted by atomic mass is 16.3. The van der Waals surface area contributed by atoms with Gasteiger partial charge in [0.15, 0.2) is 5.78 Å². The molecule has 0 radical (unpaired) electrons. The summed E-state index contributed by atoms with van der Waals surface area (Å²) < 4.78 is 0. The number of rotatable bonds is 5. The van der Waals surface area contributed by atoms with Gasteiger partial charge in [-0.3, -0.25) is 14.7 Å². The van der Waals surface area contributed by atoms with Crippen molar-refractivity contribution in [2.45, 2.75) is 20.0 Å². The van der Waals surface area contributed by atoms with E-state index in [2.05, 4.69) is 4.98 Å². The summed E-state index contributed by atoms with van der Waals surface area (Å²) in [6.45, 7) is 2.77. The summed E-state index contributed by atoms with van der Waals surface area (Å²) >= 11 is 0. The predicted octanol–water partition coefficient (Wildman–Crippen LogP) is 2.62. The normalized spacial score (nSPS) is 10.8. The monoisotopic (exact) mass is 270 g/mol. The van der Waals surface area contributed by atoms with E-state index in [1.165, 1.54) is 6.92 Å². The molecule has 1 heterocycles. The number of phenols is 1.